The van der Waals surface area contributed by atoms with Crippen LogP contribution in [0.5, 0.6) is 0 Å². The normalized spacial score (nSPS) is 53.5. The van der Waals surface area contributed by atoms with Gasteiger partial charge in [0.1, 0.15) is 61.0 Å². The average molecular weight is 1000 g/mol. The third kappa shape index (κ3) is 8.10. The third-order valence-electron chi connectivity index (χ3n) is 19.4. The number of esters is 2. The number of allylic oxidation sites excluding steroid dienone is 2. The number of hydrogen-bond donors (Lipinski definition) is 12. The Morgan fingerprint density at radius 2 is 1.40 bits per heavy atom. The molecule has 70 heavy (non-hydrogen) atoms. The number of aliphatic hydroxyl groups is 11. The zero-order valence-corrected chi connectivity index (χ0v) is 40.5. The summed E-state index contributed by atoms with van der Waals surface area (Å²) in [4.78, 5) is 40.0. The molecule has 8 rings (SSSR count). The van der Waals surface area contributed by atoms with E-state index >= 15 is 0 Å². The van der Waals surface area contributed by atoms with Gasteiger partial charge in [0.15, 0.2) is 18.7 Å². The van der Waals surface area contributed by atoms with E-state index in [1.807, 2.05) is 13.8 Å². The predicted molar refractivity (Wildman–Crippen MR) is 234 cm³/mol. The smallest absolute Gasteiger partial charge is 0.335 e. The van der Waals surface area contributed by atoms with Gasteiger partial charge in [0.05, 0.1) is 50.0 Å². The van der Waals surface area contributed by atoms with Gasteiger partial charge < -0.3 is 94.4 Å². The number of carboxylic acid groups (broad SMARTS) is 1. The van der Waals surface area contributed by atoms with Gasteiger partial charge in [-0.05, 0) is 98.7 Å². The second kappa shape index (κ2) is 19.0. The molecule has 8 aliphatic rings. The van der Waals surface area contributed by atoms with Gasteiger partial charge in [-0.2, -0.15) is 0 Å². The van der Waals surface area contributed by atoms with E-state index in [9.17, 15) is 75.7 Å². The number of ether oxygens (including phenoxy) is 7. The molecule has 3 heterocycles. The van der Waals surface area contributed by atoms with Crippen LogP contribution in [0, 0.1) is 50.2 Å². The van der Waals surface area contributed by atoms with Crippen LogP contribution in [0.15, 0.2) is 11.6 Å². The number of carboxylic acids is 1. The summed E-state index contributed by atoms with van der Waals surface area (Å²) in [5.74, 6) is -3.71. The summed E-state index contributed by atoms with van der Waals surface area (Å²) in [6.07, 6.45) is -21.6. The first-order valence-corrected chi connectivity index (χ1v) is 24.5. The number of rotatable bonds is 10. The second-order valence-electron chi connectivity index (χ2n) is 22.9. The van der Waals surface area contributed by atoms with Gasteiger partial charge >= 0.3 is 17.9 Å². The molecule has 4 saturated carbocycles. The van der Waals surface area contributed by atoms with Crippen LogP contribution in [0.25, 0.3) is 0 Å². The molecule has 3 saturated heterocycles. The Kier molecular flexibility index (Phi) is 14.6. The van der Waals surface area contributed by atoms with E-state index in [2.05, 4.69) is 26.8 Å². The summed E-state index contributed by atoms with van der Waals surface area (Å²) in [7, 11) is 1.32. The van der Waals surface area contributed by atoms with Gasteiger partial charge in [-0.1, -0.05) is 39.3 Å². The van der Waals surface area contributed by atoms with Crippen molar-refractivity contribution in [2.75, 3.05) is 26.9 Å². The lowest BCUT2D eigenvalue weighted by atomic mass is 9.33. The largest absolute Gasteiger partial charge is 0.479 e. The van der Waals surface area contributed by atoms with Crippen molar-refractivity contribution in [1.29, 1.82) is 0 Å². The molecular weight excluding hydrogens is 929 g/mol. The second-order valence-corrected chi connectivity index (χ2v) is 22.9. The molecule has 3 aliphatic heterocycles. The molecule has 0 aromatic carbocycles. The zero-order chi connectivity index (χ0) is 51.4. The molecule has 25 atom stereocenters. The minimum Gasteiger partial charge on any atom is -0.479 e. The number of aliphatic hydroxyl groups excluding tert-OH is 11. The van der Waals surface area contributed by atoms with Gasteiger partial charge in [-0.15, -0.1) is 0 Å². The predicted octanol–water partition coefficient (Wildman–Crippen LogP) is -2.03. The molecule has 0 aromatic rings. The van der Waals surface area contributed by atoms with E-state index in [4.69, 9.17) is 33.2 Å². The van der Waals surface area contributed by atoms with Gasteiger partial charge in [0.25, 0.3) is 0 Å². The Bertz CT molecular complexity index is 2000. The molecule has 0 amide bonds. The van der Waals surface area contributed by atoms with Crippen LogP contribution >= 0.6 is 0 Å². The molecule has 0 bridgehead atoms. The van der Waals surface area contributed by atoms with Gasteiger partial charge in [0.2, 0.25) is 6.29 Å². The van der Waals surface area contributed by atoms with Crippen LogP contribution in [0.3, 0.4) is 0 Å². The Labute approximate surface area is 405 Å². The average Bonchev–Trinajstić information content (AvgIpc) is 3.31. The molecule has 398 valence electrons. The Morgan fingerprint density at radius 1 is 0.714 bits per heavy atom. The number of carbonyl (C=O) groups excluding carboxylic acids is 2. The van der Waals surface area contributed by atoms with Gasteiger partial charge in [-0.25, -0.2) is 4.79 Å². The fraction of sp³-hybridized carbons (Fsp3) is 0.896. The summed E-state index contributed by atoms with van der Waals surface area (Å²) >= 11 is 0. The number of methoxy groups -OCH3 is 1. The summed E-state index contributed by atoms with van der Waals surface area (Å²) < 4.78 is 39.6. The quantitative estimate of drug-likeness (QED) is 0.0638. The number of fused-ring (bicyclic) bond motifs is 7. The van der Waals surface area contributed by atoms with Crippen LogP contribution in [0.4, 0.5) is 0 Å². The number of carbonyl (C=O) groups is 3. The summed E-state index contributed by atoms with van der Waals surface area (Å²) in [5, 5.41) is 129. The molecule has 12 N–H and O–H groups in total. The van der Waals surface area contributed by atoms with Crippen molar-refractivity contribution in [2.45, 2.75) is 191 Å². The Morgan fingerprint density at radius 3 is 2.04 bits per heavy atom. The molecule has 5 aliphatic carbocycles. The Balaban J connectivity index is 1.06. The molecular formula is C48H74O22. The minimum absolute atomic E-state index is 0.107. The molecule has 0 spiro atoms. The number of aliphatic carboxylic acids is 1. The van der Waals surface area contributed by atoms with E-state index in [0.29, 0.717) is 38.5 Å². The maximum absolute atomic E-state index is 14.8. The highest BCUT2D eigenvalue weighted by molar-refractivity contribution is 5.81. The lowest BCUT2D eigenvalue weighted by Crippen LogP contribution is -2.69. The first-order valence-electron chi connectivity index (χ1n) is 24.5. The Hall–Kier alpha value is -2.49. The topological polar surface area (TPSA) is 359 Å². The zero-order valence-electron chi connectivity index (χ0n) is 40.5. The van der Waals surface area contributed by atoms with Crippen molar-refractivity contribution in [1.82, 2.24) is 0 Å². The fourth-order valence-corrected chi connectivity index (χ4v) is 15.2. The van der Waals surface area contributed by atoms with Crippen molar-refractivity contribution in [2.24, 2.45) is 50.2 Å². The summed E-state index contributed by atoms with van der Waals surface area (Å²) in [5.41, 5.74) is -4.05. The molecule has 22 nitrogen and oxygen atoms in total. The van der Waals surface area contributed by atoms with Gasteiger partial charge in [-0.3, -0.25) is 9.59 Å². The maximum Gasteiger partial charge on any atom is 0.335 e. The summed E-state index contributed by atoms with van der Waals surface area (Å²) in [6, 6.07) is 0. The van der Waals surface area contributed by atoms with Crippen molar-refractivity contribution in [3.05, 3.63) is 11.6 Å². The lowest BCUT2D eigenvalue weighted by molar-refractivity contribution is -0.348. The monoisotopic (exact) mass is 1000 g/mol. The standard InChI is InChI=1S/C48H74O22/c1-43(41(62)64-6)11-13-48(42(63)70-40-29(55)28(54)27(53)24(17-49)66-40)14-12-46(4)20(21(48)15-43)7-8-26-44(2)16-22(51)36(45(3,19-50)25(44)9-10-47(26,46)5)69-39-32(58)33(23(52)18-65-39)67-34-30(56)35(37(59)60)68-38(61)31(34)57/h7,21-36,38-40,49-58,61H,8-19H2,1-6H3,(H,59,60)/t21-,22-,23-,24+,25+,26+,27+,28-,29+,30-,31+,32+,33-,34-,35-,36-,38+,39-,40-,43+,44-,45-,46+,47+,48-/m0/s1. The lowest BCUT2D eigenvalue weighted by Gasteiger charge is -2.71. The maximum atomic E-state index is 14.8. The van der Waals surface area contributed by atoms with E-state index in [1.165, 1.54) is 7.11 Å². The van der Waals surface area contributed by atoms with E-state index in [0.717, 1.165) is 5.57 Å². The first-order chi connectivity index (χ1) is 32.7. The molecule has 0 unspecified atom stereocenters. The van der Waals surface area contributed by atoms with Crippen molar-refractivity contribution in [3.63, 3.8) is 0 Å². The van der Waals surface area contributed by atoms with Crippen molar-refractivity contribution < 1.29 is 109 Å². The van der Waals surface area contributed by atoms with Crippen LogP contribution in [-0.4, -0.2) is 204 Å². The highest BCUT2D eigenvalue weighted by Gasteiger charge is 2.72. The molecule has 0 aromatic heterocycles. The van der Waals surface area contributed by atoms with Crippen LogP contribution in [0.1, 0.15) is 92.4 Å². The third-order valence-corrected chi connectivity index (χ3v) is 19.4. The van der Waals surface area contributed by atoms with E-state index < -0.39 is 174 Å². The van der Waals surface area contributed by atoms with Crippen LogP contribution in [0.2, 0.25) is 0 Å². The molecule has 22 heteroatoms. The minimum atomic E-state index is -2.09. The van der Waals surface area contributed by atoms with E-state index in [1.54, 1.807) is 0 Å². The highest BCUT2D eigenvalue weighted by Crippen LogP contribution is 2.76. The van der Waals surface area contributed by atoms with Gasteiger partial charge in [0, 0.05) is 5.41 Å². The van der Waals surface area contributed by atoms with Crippen molar-refractivity contribution >= 4 is 17.9 Å². The highest BCUT2D eigenvalue weighted by atomic mass is 16.7. The van der Waals surface area contributed by atoms with Crippen LogP contribution < -0.4 is 0 Å². The molecule has 0 radical (unpaired) electrons. The summed E-state index contributed by atoms with van der Waals surface area (Å²) in [6.45, 7) is 8.52. The van der Waals surface area contributed by atoms with Crippen molar-refractivity contribution in [3.8, 4) is 0 Å². The van der Waals surface area contributed by atoms with E-state index in [-0.39, 0.29) is 31.1 Å². The first kappa shape index (κ1) is 53.8. The SMILES string of the molecule is COC(=O)[C@]1(C)CC[C@]2(C(=O)O[C@@H]3O[C@H](CO)[C@@H](O)[C@H](O)[C@H]3O)CC[C@]3(C)C(=CC[C@@H]4[C@@]5(C)C[C@H](O)[C@H](O[C@@H]6OC[C@H](O)[C@H](O[C@@H]7[C@@H](O)[C@H](O)O[C@H](C(=O)O)[C@H]7O)[C@H]6O)[C@@](C)(CO)[C@@H]5CC[C@]43C)[C@@H]2C1. The molecule has 7 fully saturated rings. The van der Waals surface area contributed by atoms with Crippen LogP contribution in [-0.2, 0) is 47.5 Å². The fourth-order valence-electron chi connectivity index (χ4n) is 15.2. The number of hydrogen-bond acceptors (Lipinski definition) is 21.